The molecular formula is C22H28O4. The van der Waals surface area contributed by atoms with Gasteiger partial charge in [-0.15, -0.1) is 0 Å². The summed E-state index contributed by atoms with van der Waals surface area (Å²) in [5, 5.41) is 2.27. The third-order valence-corrected chi connectivity index (χ3v) is 4.27. The Bertz CT molecular complexity index is 717. The van der Waals surface area contributed by atoms with Crippen LogP contribution in [0.3, 0.4) is 0 Å². The minimum absolute atomic E-state index is 0.0360. The molecule has 0 aliphatic carbocycles. The van der Waals surface area contributed by atoms with Gasteiger partial charge in [-0.3, -0.25) is 9.59 Å². The van der Waals surface area contributed by atoms with Gasteiger partial charge in [-0.05, 0) is 35.2 Å². The van der Waals surface area contributed by atoms with E-state index in [-0.39, 0.29) is 37.5 Å². The number of benzene rings is 2. The molecule has 0 heterocycles. The monoisotopic (exact) mass is 356 g/mol. The topological polar surface area (TPSA) is 52.6 Å². The number of carbonyl (C=O) groups is 2. The lowest BCUT2D eigenvalue weighted by molar-refractivity contribution is -0.154. The standard InChI is InChI=1S/C22H28O4/c1-3-7-20(8-4-2)26-22(24)14-13-21(23)25-16-17-11-12-18-9-5-6-10-19(18)15-17/h5-6,9-12,15,20H,3-4,7-8,13-14,16H2,1-2H3. The van der Waals surface area contributed by atoms with E-state index in [0.717, 1.165) is 42.0 Å². The maximum absolute atomic E-state index is 11.9. The number of fused-ring (bicyclic) bond motifs is 1. The van der Waals surface area contributed by atoms with Crippen molar-refractivity contribution in [2.24, 2.45) is 0 Å². The van der Waals surface area contributed by atoms with Crippen molar-refractivity contribution in [1.29, 1.82) is 0 Å². The van der Waals surface area contributed by atoms with Crippen molar-refractivity contribution >= 4 is 22.7 Å². The molecule has 0 bridgehead atoms. The van der Waals surface area contributed by atoms with Crippen molar-refractivity contribution < 1.29 is 19.1 Å². The van der Waals surface area contributed by atoms with Crippen LogP contribution in [-0.4, -0.2) is 18.0 Å². The van der Waals surface area contributed by atoms with Gasteiger partial charge in [-0.2, -0.15) is 0 Å². The molecule has 2 aromatic rings. The summed E-state index contributed by atoms with van der Waals surface area (Å²) < 4.78 is 10.7. The minimum atomic E-state index is -0.377. The first-order valence-electron chi connectivity index (χ1n) is 9.45. The van der Waals surface area contributed by atoms with Crippen molar-refractivity contribution in [2.75, 3.05) is 0 Å². The molecular weight excluding hydrogens is 328 g/mol. The van der Waals surface area contributed by atoms with E-state index in [2.05, 4.69) is 13.8 Å². The van der Waals surface area contributed by atoms with Gasteiger partial charge in [0.2, 0.25) is 0 Å². The number of hydrogen-bond acceptors (Lipinski definition) is 4. The lowest BCUT2D eigenvalue weighted by Gasteiger charge is -2.16. The molecule has 0 unspecified atom stereocenters. The summed E-state index contributed by atoms with van der Waals surface area (Å²) in [6, 6.07) is 14.0. The molecule has 0 amide bonds. The van der Waals surface area contributed by atoms with Gasteiger partial charge < -0.3 is 9.47 Å². The van der Waals surface area contributed by atoms with Gasteiger partial charge in [0.15, 0.2) is 0 Å². The van der Waals surface area contributed by atoms with E-state index in [1.165, 1.54) is 0 Å². The van der Waals surface area contributed by atoms with Crippen molar-refractivity contribution in [3.63, 3.8) is 0 Å². The van der Waals surface area contributed by atoms with Crippen LogP contribution < -0.4 is 0 Å². The molecule has 2 aromatic carbocycles. The van der Waals surface area contributed by atoms with Gasteiger partial charge in [0, 0.05) is 0 Å². The summed E-state index contributed by atoms with van der Waals surface area (Å²) in [5.41, 5.74) is 0.936. The van der Waals surface area contributed by atoms with Crippen LogP contribution in [0, 0.1) is 0 Å². The maximum Gasteiger partial charge on any atom is 0.306 e. The molecule has 0 radical (unpaired) electrons. The second-order valence-electron chi connectivity index (χ2n) is 6.53. The Labute approximate surface area is 155 Å². The minimum Gasteiger partial charge on any atom is -0.462 e. The molecule has 0 N–H and O–H groups in total. The second kappa shape index (κ2) is 10.6. The summed E-state index contributed by atoms with van der Waals surface area (Å²) in [4.78, 5) is 23.8. The van der Waals surface area contributed by atoms with Crippen LogP contribution in [0.15, 0.2) is 42.5 Å². The zero-order chi connectivity index (χ0) is 18.8. The average molecular weight is 356 g/mol. The summed E-state index contributed by atoms with van der Waals surface area (Å²) in [5.74, 6) is -0.697. The van der Waals surface area contributed by atoms with E-state index in [1.54, 1.807) is 0 Å². The smallest absolute Gasteiger partial charge is 0.306 e. The highest BCUT2D eigenvalue weighted by molar-refractivity contribution is 5.83. The summed E-state index contributed by atoms with van der Waals surface area (Å²) in [6.45, 7) is 4.36. The highest BCUT2D eigenvalue weighted by Gasteiger charge is 2.15. The van der Waals surface area contributed by atoms with E-state index in [4.69, 9.17) is 9.47 Å². The third-order valence-electron chi connectivity index (χ3n) is 4.27. The van der Waals surface area contributed by atoms with Gasteiger partial charge in [-0.1, -0.05) is 63.1 Å². The molecule has 4 heteroatoms. The van der Waals surface area contributed by atoms with Crippen LogP contribution in [-0.2, 0) is 25.7 Å². The van der Waals surface area contributed by atoms with Crippen LogP contribution >= 0.6 is 0 Å². The first kappa shape index (κ1) is 20.0. The predicted molar refractivity (Wildman–Crippen MR) is 103 cm³/mol. The number of hydrogen-bond donors (Lipinski definition) is 0. The van der Waals surface area contributed by atoms with Crippen LogP contribution in [0.1, 0.15) is 57.9 Å². The molecule has 0 atom stereocenters. The van der Waals surface area contributed by atoms with Gasteiger partial charge >= 0.3 is 11.9 Å². The third kappa shape index (κ3) is 6.51. The molecule has 4 nitrogen and oxygen atoms in total. The number of carbonyl (C=O) groups excluding carboxylic acids is 2. The SMILES string of the molecule is CCCC(CCC)OC(=O)CCC(=O)OCc1ccc2ccccc2c1. The molecule has 0 fully saturated rings. The lowest BCUT2D eigenvalue weighted by Crippen LogP contribution is -2.19. The zero-order valence-electron chi connectivity index (χ0n) is 15.7. The quantitative estimate of drug-likeness (QED) is 0.551. The first-order valence-corrected chi connectivity index (χ1v) is 9.45. The predicted octanol–water partition coefficient (Wildman–Crippen LogP) is 5.18. The summed E-state index contributed by atoms with van der Waals surface area (Å²) >= 11 is 0. The Hall–Kier alpha value is -2.36. The molecule has 0 aliphatic rings. The van der Waals surface area contributed by atoms with E-state index >= 15 is 0 Å². The van der Waals surface area contributed by atoms with Crippen LogP contribution in [0.25, 0.3) is 10.8 Å². The normalized spacial score (nSPS) is 10.9. The fourth-order valence-electron chi connectivity index (χ4n) is 2.92. The zero-order valence-corrected chi connectivity index (χ0v) is 15.7. The number of rotatable bonds is 10. The van der Waals surface area contributed by atoms with Gasteiger partial charge in [0.1, 0.15) is 12.7 Å². The first-order chi connectivity index (χ1) is 12.6. The molecule has 140 valence electrons. The summed E-state index contributed by atoms with van der Waals surface area (Å²) in [7, 11) is 0. The molecule has 0 spiro atoms. The molecule has 0 aromatic heterocycles. The van der Waals surface area contributed by atoms with Crippen molar-refractivity contribution in [3.8, 4) is 0 Å². The van der Waals surface area contributed by atoms with Crippen LogP contribution in [0.2, 0.25) is 0 Å². The van der Waals surface area contributed by atoms with Crippen LogP contribution in [0.5, 0.6) is 0 Å². The second-order valence-corrected chi connectivity index (χ2v) is 6.53. The Kier molecular flexibility index (Phi) is 8.13. The molecule has 0 aliphatic heterocycles. The Morgan fingerprint density at radius 2 is 1.54 bits per heavy atom. The maximum atomic E-state index is 11.9. The van der Waals surface area contributed by atoms with Crippen molar-refractivity contribution in [1.82, 2.24) is 0 Å². The van der Waals surface area contributed by atoms with Gasteiger partial charge in [0.25, 0.3) is 0 Å². The fourth-order valence-corrected chi connectivity index (χ4v) is 2.92. The molecule has 0 saturated heterocycles. The van der Waals surface area contributed by atoms with Crippen molar-refractivity contribution in [3.05, 3.63) is 48.0 Å². The number of esters is 2. The molecule has 2 rings (SSSR count). The Morgan fingerprint density at radius 1 is 0.885 bits per heavy atom. The molecule has 26 heavy (non-hydrogen) atoms. The largest absolute Gasteiger partial charge is 0.462 e. The highest BCUT2D eigenvalue weighted by atomic mass is 16.5. The Balaban J connectivity index is 1.74. The van der Waals surface area contributed by atoms with E-state index in [1.807, 2.05) is 42.5 Å². The van der Waals surface area contributed by atoms with Gasteiger partial charge in [0.05, 0.1) is 12.8 Å². The van der Waals surface area contributed by atoms with E-state index in [9.17, 15) is 9.59 Å². The van der Waals surface area contributed by atoms with Crippen molar-refractivity contribution in [2.45, 2.75) is 65.1 Å². The number of ether oxygens (including phenoxy) is 2. The van der Waals surface area contributed by atoms with Crippen LogP contribution in [0.4, 0.5) is 0 Å². The lowest BCUT2D eigenvalue weighted by atomic mass is 10.1. The summed E-state index contributed by atoms with van der Waals surface area (Å²) in [6.07, 6.45) is 3.78. The van der Waals surface area contributed by atoms with E-state index < -0.39 is 0 Å². The fraction of sp³-hybridized carbons (Fsp3) is 0.455. The van der Waals surface area contributed by atoms with E-state index in [0.29, 0.717) is 0 Å². The Morgan fingerprint density at radius 3 is 2.23 bits per heavy atom. The average Bonchev–Trinajstić information content (AvgIpc) is 2.65. The molecule has 0 saturated carbocycles. The highest BCUT2D eigenvalue weighted by Crippen LogP contribution is 2.16. The van der Waals surface area contributed by atoms with Gasteiger partial charge in [-0.25, -0.2) is 0 Å².